The summed E-state index contributed by atoms with van der Waals surface area (Å²) in [6.07, 6.45) is 3.64. The standard InChI is InChI=1S/C22H24ClN3O3/c23-18-9-7-16(8-10-18)21(15-5-6-15)24-22(27)17-11-13-25(14-12-17)19-3-1-2-4-20(19)26(28)29/h1-4,7-10,15,17,21H,5-6,11-14H2,(H,24,27). The molecule has 2 aliphatic rings. The lowest BCUT2D eigenvalue weighted by Gasteiger charge is -2.33. The predicted octanol–water partition coefficient (Wildman–Crippen LogP) is 4.73. The van der Waals surface area contributed by atoms with Crippen LogP contribution in [0.15, 0.2) is 48.5 Å². The van der Waals surface area contributed by atoms with Crippen molar-refractivity contribution in [1.29, 1.82) is 0 Å². The molecule has 7 heteroatoms. The van der Waals surface area contributed by atoms with Gasteiger partial charge in [-0.25, -0.2) is 0 Å². The smallest absolute Gasteiger partial charge is 0.292 e. The third-order valence-corrected chi connectivity index (χ3v) is 6.16. The first kappa shape index (κ1) is 19.7. The number of nitro benzene ring substituents is 1. The van der Waals surface area contributed by atoms with Crippen LogP contribution in [0.2, 0.25) is 5.02 Å². The molecule has 1 aliphatic heterocycles. The molecule has 1 amide bonds. The zero-order chi connectivity index (χ0) is 20.4. The number of benzene rings is 2. The lowest BCUT2D eigenvalue weighted by Crippen LogP contribution is -2.42. The number of nitrogens with zero attached hydrogens (tertiary/aromatic N) is 2. The van der Waals surface area contributed by atoms with E-state index in [9.17, 15) is 14.9 Å². The Labute approximate surface area is 175 Å². The van der Waals surface area contributed by atoms with E-state index in [0.717, 1.165) is 18.4 Å². The van der Waals surface area contributed by atoms with Gasteiger partial charge in [0.2, 0.25) is 5.91 Å². The number of anilines is 1. The molecule has 4 rings (SSSR count). The molecule has 2 fully saturated rings. The average molecular weight is 414 g/mol. The van der Waals surface area contributed by atoms with Crippen LogP contribution in [0.25, 0.3) is 0 Å². The van der Waals surface area contributed by atoms with Gasteiger partial charge in [-0.15, -0.1) is 0 Å². The van der Waals surface area contributed by atoms with E-state index in [4.69, 9.17) is 11.6 Å². The lowest BCUT2D eigenvalue weighted by atomic mass is 9.94. The number of amides is 1. The molecule has 1 N–H and O–H groups in total. The number of carbonyl (C=O) groups excluding carboxylic acids is 1. The molecule has 2 aromatic carbocycles. The average Bonchev–Trinajstić information content (AvgIpc) is 3.58. The summed E-state index contributed by atoms with van der Waals surface area (Å²) in [6, 6.07) is 14.5. The summed E-state index contributed by atoms with van der Waals surface area (Å²) in [7, 11) is 0. The molecule has 1 aliphatic carbocycles. The van der Waals surface area contributed by atoms with Gasteiger partial charge >= 0.3 is 0 Å². The van der Waals surface area contributed by atoms with Crippen LogP contribution in [0.4, 0.5) is 11.4 Å². The second-order valence-electron chi connectivity index (χ2n) is 7.88. The molecule has 1 saturated heterocycles. The Morgan fingerprint density at radius 1 is 1.07 bits per heavy atom. The summed E-state index contributed by atoms with van der Waals surface area (Å²) in [5.74, 6) is 0.508. The van der Waals surface area contributed by atoms with Gasteiger partial charge in [-0.1, -0.05) is 35.9 Å². The molecule has 6 nitrogen and oxygen atoms in total. The Morgan fingerprint density at radius 3 is 2.34 bits per heavy atom. The van der Waals surface area contributed by atoms with E-state index in [-0.39, 0.29) is 28.5 Å². The maximum Gasteiger partial charge on any atom is 0.292 e. The second kappa shape index (κ2) is 8.41. The zero-order valence-corrected chi connectivity index (χ0v) is 16.8. The fourth-order valence-corrected chi connectivity index (χ4v) is 4.24. The number of piperidine rings is 1. The summed E-state index contributed by atoms with van der Waals surface area (Å²) in [5.41, 5.74) is 1.85. The third-order valence-electron chi connectivity index (χ3n) is 5.91. The minimum absolute atomic E-state index is 0.0352. The molecule has 0 bridgehead atoms. The second-order valence-corrected chi connectivity index (χ2v) is 8.32. The number of carbonyl (C=O) groups is 1. The Hall–Kier alpha value is -2.60. The van der Waals surface area contributed by atoms with Crippen LogP contribution >= 0.6 is 11.6 Å². The van der Waals surface area contributed by atoms with E-state index < -0.39 is 0 Å². The van der Waals surface area contributed by atoms with Gasteiger partial charge in [0, 0.05) is 30.1 Å². The first-order valence-electron chi connectivity index (χ1n) is 10.1. The fraction of sp³-hybridized carbons (Fsp3) is 0.409. The number of halogens is 1. The monoisotopic (exact) mass is 413 g/mol. The van der Waals surface area contributed by atoms with Crippen molar-refractivity contribution in [3.8, 4) is 0 Å². The molecule has 1 atom stereocenters. The van der Waals surface area contributed by atoms with Gasteiger partial charge < -0.3 is 10.2 Å². The molecule has 29 heavy (non-hydrogen) atoms. The quantitative estimate of drug-likeness (QED) is 0.548. The predicted molar refractivity (Wildman–Crippen MR) is 113 cm³/mol. The van der Waals surface area contributed by atoms with E-state index in [1.165, 1.54) is 6.07 Å². The van der Waals surface area contributed by atoms with Crippen molar-refractivity contribution in [3.05, 3.63) is 69.2 Å². The van der Waals surface area contributed by atoms with E-state index in [1.807, 2.05) is 35.2 Å². The SMILES string of the molecule is O=C(NC(c1ccc(Cl)cc1)C1CC1)C1CCN(c2ccccc2[N+](=O)[O-])CC1. The van der Waals surface area contributed by atoms with Gasteiger partial charge in [0.15, 0.2) is 0 Å². The number of rotatable bonds is 6. The summed E-state index contributed by atoms with van der Waals surface area (Å²) >= 11 is 6.00. The molecular weight excluding hydrogens is 390 g/mol. The van der Waals surface area contributed by atoms with Gasteiger partial charge in [0.25, 0.3) is 5.69 Å². The van der Waals surface area contributed by atoms with Gasteiger partial charge in [0.05, 0.1) is 11.0 Å². The molecule has 1 heterocycles. The highest BCUT2D eigenvalue weighted by atomic mass is 35.5. The van der Waals surface area contributed by atoms with Crippen LogP contribution in [-0.4, -0.2) is 23.9 Å². The van der Waals surface area contributed by atoms with E-state index in [0.29, 0.717) is 42.6 Å². The van der Waals surface area contributed by atoms with Gasteiger partial charge in [-0.05, 0) is 55.4 Å². The van der Waals surface area contributed by atoms with Gasteiger partial charge in [-0.2, -0.15) is 0 Å². The van der Waals surface area contributed by atoms with Crippen molar-refractivity contribution in [2.45, 2.75) is 31.7 Å². The molecule has 0 aromatic heterocycles. The molecule has 0 spiro atoms. The summed E-state index contributed by atoms with van der Waals surface area (Å²) in [6.45, 7) is 1.27. The topological polar surface area (TPSA) is 75.5 Å². The number of hydrogen-bond donors (Lipinski definition) is 1. The third kappa shape index (κ3) is 4.53. The number of nitro groups is 1. The first-order chi connectivity index (χ1) is 14.0. The van der Waals surface area contributed by atoms with Crippen molar-refractivity contribution >= 4 is 28.9 Å². The normalized spacial score (nSPS) is 18.3. The molecular formula is C22H24ClN3O3. The van der Waals surface area contributed by atoms with Crippen LogP contribution < -0.4 is 10.2 Å². The largest absolute Gasteiger partial charge is 0.366 e. The highest BCUT2D eigenvalue weighted by molar-refractivity contribution is 6.30. The van der Waals surface area contributed by atoms with Crippen molar-refractivity contribution in [2.24, 2.45) is 11.8 Å². The Morgan fingerprint density at radius 2 is 1.72 bits per heavy atom. The maximum absolute atomic E-state index is 12.9. The number of nitrogens with one attached hydrogen (secondary N) is 1. The Bertz CT molecular complexity index is 890. The van der Waals surface area contributed by atoms with E-state index >= 15 is 0 Å². The van der Waals surface area contributed by atoms with E-state index in [1.54, 1.807) is 12.1 Å². The van der Waals surface area contributed by atoms with Crippen LogP contribution in [0.5, 0.6) is 0 Å². The molecule has 152 valence electrons. The lowest BCUT2D eigenvalue weighted by molar-refractivity contribution is -0.384. The Kier molecular flexibility index (Phi) is 5.72. The minimum Gasteiger partial charge on any atom is -0.366 e. The van der Waals surface area contributed by atoms with Crippen molar-refractivity contribution in [1.82, 2.24) is 5.32 Å². The fourth-order valence-electron chi connectivity index (χ4n) is 4.11. The maximum atomic E-state index is 12.9. The number of para-hydroxylation sites is 2. The van der Waals surface area contributed by atoms with Crippen LogP contribution in [0.1, 0.15) is 37.3 Å². The van der Waals surface area contributed by atoms with Gasteiger partial charge in [-0.3, -0.25) is 14.9 Å². The van der Waals surface area contributed by atoms with E-state index in [2.05, 4.69) is 5.32 Å². The summed E-state index contributed by atoms with van der Waals surface area (Å²) in [4.78, 5) is 25.9. The molecule has 2 aromatic rings. The van der Waals surface area contributed by atoms with Crippen LogP contribution in [0.3, 0.4) is 0 Å². The first-order valence-corrected chi connectivity index (χ1v) is 10.4. The molecule has 1 unspecified atom stereocenters. The summed E-state index contributed by atoms with van der Waals surface area (Å²) in [5, 5.41) is 15.2. The highest BCUT2D eigenvalue weighted by Crippen LogP contribution is 2.41. The highest BCUT2D eigenvalue weighted by Gasteiger charge is 2.35. The van der Waals surface area contributed by atoms with Crippen molar-refractivity contribution in [3.63, 3.8) is 0 Å². The number of hydrogen-bond acceptors (Lipinski definition) is 4. The van der Waals surface area contributed by atoms with Crippen molar-refractivity contribution < 1.29 is 9.72 Å². The zero-order valence-electron chi connectivity index (χ0n) is 16.1. The Balaban J connectivity index is 1.39. The summed E-state index contributed by atoms with van der Waals surface area (Å²) < 4.78 is 0. The van der Waals surface area contributed by atoms with Crippen molar-refractivity contribution in [2.75, 3.05) is 18.0 Å². The van der Waals surface area contributed by atoms with Crippen LogP contribution in [-0.2, 0) is 4.79 Å². The van der Waals surface area contributed by atoms with Crippen LogP contribution in [0, 0.1) is 22.0 Å². The molecule has 0 radical (unpaired) electrons. The van der Waals surface area contributed by atoms with Gasteiger partial charge in [0.1, 0.15) is 5.69 Å². The minimum atomic E-state index is -0.347. The molecule has 1 saturated carbocycles.